The third-order valence-electron chi connectivity index (χ3n) is 5.97. The molecule has 0 radical (unpaired) electrons. The normalized spacial score (nSPS) is 14.5. The fraction of sp³-hybridized carbons (Fsp3) is 0.240. The molecule has 168 valence electrons. The Morgan fingerprint density at radius 2 is 1.85 bits per heavy atom. The van der Waals surface area contributed by atoms with Gasteiger partial charge in [-0.2, -0.15) is 5.26 Å². The van der Waals surface area contributed by atoms with E-state index in [1.165, 1.54) is 24.0 Å². The highest BCUT2D eigenvalue weighted by Crippen LogP contribution is 2.29. The van der Waals surface area contributed by atoms with Crippen LogP contribution < -0.4 is 4.72 Å². The summed E-state index contributed by atoms with van der Waals surface area (Å²) in [6, 6.07) is 17.9. The van der Waals surface area contributed by atoms with E-state index >= 15 is 0 Å². The second-order valence-electron chi connectivity index (χ2n) is 8.12. The molecule has 0 spiro atoms. The SMILES string of the molecule is Cc1ccc(C(=O)N2CCC(c3ccc(C#N)cc3)CC2)cc1NS(=O)(=O)c1cccnc1. The topological polar surface area (TPSA) is 103 Å². The molecule has 8 heteroatoms. The number of likely N-dealkylation sites (tertiary alicyclic amines) is 1. The minimum atomic E-state index is -3.80. The van der Waals surface area contributed by atoms with E-state index in [0.29, 0.717) is 35.8 Å². The number of benzene rings is 2. The van der Waals surface area contributed by atoms with Crippen LogP contribution in [0.4, 0.5) is 5.69 Å². The van der Waals surface area contributed by atoms with E-state index in [1.807, 2.05) is 29.2 Å². The van der Waals surface area contributed by atoms with Crippen molar-refractivity contribution in [2.24, 2.45) is 0 Å². The molecular weight excluding hydrogens is 436 g/mol. The van der Waals surface area contributed by atoms with Crippen LogP contribution in [0.15, 0.2) is 71.9 Å². The maximum atomic E-state index is 13.1. The average Bonchev–Trinajstić information content (AvgIpc) is 2.85. The Morgan fingerprint density at radius 3 is 2.48 bits per heavy atom. The summed E-state index contributed by atoms with van der Waals surface area (Å²) < 4.78 is 27.9. The molecule has 0 atom stereocenters. The average molecular weight is 461 g/mol. The first-order valence-corrected chi connectivity index (χ1v) is 12.2. The second-order valence-corrected chi connectivity index (χ2v) is 9.81. The van der Waals surface area contributed by atoms with E-state index in [4.69, 9.17) is 5.26 Å². The quantitative estimate of drug-likeness (QED) is 0.618. The molecule has 0 bridgehead atoms. The highest BCUT2D eigenvalue weighted by atomic mass is 32.2. The number of hydrogen-bond acceptors (Lipinski definition) is 5. The van der Waals surface area contributed by atoms with Gasteiger partial charge >= 0.3 is 0 Å². The Bertz CT molecular complexity index is 1290. The Hall–Kier alpha value is -3.70. The molecule has 1 fully saturated rings. The number of amides is 1. The van der Waals surface area contributed by atoms with Crippen molar-refractivity contribution in [2.75, 3.05) is 17.8 Å². The van der Waals surface area contributed by atoms with Crippen molar-refractivity contribution in [3.63, 3.8) is 0 Å². The lowest BCUT2D eigenvalue weighted by Crippen LogP contribution is -2.38. The van der Waals surface area contributed by atoms with Gasteiger partial charge in [-0.05, 0) is 73.2 Å². The van der Waals surface area contributed by atoms with Crippen molar-refractivity contribution in [1.29, 1.82) is 5.26 Å². The third kappa shape index (κ3) is 5.04. The molecule has 7 nitrogen and oxygen atoms in total. The minimum absolute atomic E-state index is 0.0611. The van der Waals surface area contributed by atoms with Gasteiger partial charge in [0.15, 0.2) is 0 Å². The molecule has 33 heavy (non-hydrogen) atoms. The predicted octanol–water partition coefficient (Wildman–Crippen LogP) is 4.08. The lowest BCUT2D eigenvalue weighted by molar-refractivity contribution is 0.0713. The first-order chi connectivity index (χ1) is 15.9. The summed E-state index contributed by atoms with van der Waals surface area (Å²) in [7, 11) is -3.80. The van der Waals surface area contributed by atoms with Gasteiger partial charge in [-0.1, -0.05) is 18.2 Å². The monoisotopic (exact) mass is 460 g/mol. The van der Waals surface area contributed by atoms with E-state index in [2.05, 4.69) is 15.8 Å². The van der Waals surface area contributed by atoms with Crippen LogP contribution in [0.5, 0.6) is 0 Å². The number of carbonyl (C=O) groups is 1. The van der Waals surface area contributed by atoms with Gasteiger partial charge in [0.1, 0.15) is 4.90 Å². The fourth-order valence-corrected chi connectivity index (χ4v) is 5.09. The van der Waals surface area contributed by atoms with Crippen molar-refractivity contribution in [3.05, 3.63) is 89.2 Å². The zero-order valence-electron chi connectivity index (χ0n) is 18.2. The van der Waals surface area contributed by atoms with Crippen LogP contribution in [0.25, 0.3) is 0 Å². The molecule has 1 aliphatic heterocycles. The largest absolute Gasteiger partial charge is 0.339 e. The molecule has 1 N–H and O–H groups in total. The Labute approximate surface area is 193 Å². The summed E-state index contributed by atoms with van der Waals surface area (Å²) in [5.74, 6) is 0.233. The maximum Gasteiger partial charge on any atom is 0.263 e. The summed E-state index contributed by atoms with van der Waals surface area (Å²) in [6.07, 6.45) is 4.47. The molecule has 0 unspecified atom stereocenters. The van der Waals surface area contributed by atoms with E-state index in [1.54, 1.807) is 31.2 Å². The highest BCUT2D eigenvalue weighted by Gasteiger charge is 2.25. The number of hydrogen-bond donors (Lipinski definition) is 1. The van der Waals surface area contributed by atoms with Crippen LogP contribution >= 0.6 is 0 Å². The number of anilines is 1. The standard InChI is InChI=1S/C25H24N4O3S/c1-18-4-7-22(15-24(18)28-33(31,32)23-3-2-12-27-17-23)25(30)29-13-10-21(11-14-29)20-8-5-19(16-26)6-9-20/h2-9,12,15,17,21,28H,10-11,13-14H2,1H3. The molecule has 1 saturated heterocycles. The predicted molar refractivity (Wildman–Crippen MR) is 125 cm³/mol. The number of piperidine rings is 1. The van der Waals surface area contributed by atoms with Gasteiger partial charge in [0.05, 0.1) is 17.3 Å². The van der Waals surface area contributed by atoms with E-state index in [-0.39, 0.29) is 10.8 Å². The Morgan fingerprint density at radius 1 is 1.12 bits per heavy atom. The first kappa shape index (κ1) is 22.5. The van der Waals surface area contributed by atoms with Gasteiger partial charge in [0.25, 0.3) is 15.9 Å². The zero-order chi connectivity index (χ0) is 23.4. The number of nitrogens with zero attached hydrogens (tertiary/aromatic N) is 3. The second kappa shape index (κ2) is 9.43. The van der Waals surface area contributed by atoms with Crippen LogP contribution in [0, 0.1) is 18.3 Å². The summed E-state index contributed by atoms with van der Waals surface area (Å²) in [6.45, 7) is 3.03. The van der Waals surface area contributed by atoms with Crippen molar-refractivity contribution < 1.29 is 13.2 Å². The van der Waals surface area contributed by atoms with E-state index in [0.717, 1.165) is 18.4 Å². The fourth-order valence-electron chi connectivity index (χ4n) is 4.00. The molecule has 0 aliphatic carbocycles. The van der Waals surface area contributed by atoms with Gasteiger partial charge < -0.3 is 4.90 Å². The number of aromatic nitrogens is 1. The molecule has 1 aliphatic rings. The Kier molecular flexibility index (Phi) is 6.43. The van der Waals surface area contributed by atoms with Crippen molar-refractivity contribution in [3.8, 4) is 6.07 Å². The van der Waals surface area contributed by atoms with Gasteiger partial charge in [-0.3, -0.25) is 14.5 Å². The number of nitriles is 1. The van der Waals surface area contributed by atoms with Gasteiger partial charge in [0, 0.05) is 31.0 Å². The Balaban J connectivity index is 1.45. The van der Waals surface area contributed by atoms with Crippen LogP contribution in [-0.4, -0.2) is 37.3 Å². The highest BCUT2D eigenvalue weighted by molar-refractivity contribution is 7.92. The maximum absolute atomic E-state index is 13.1. The summed E-state index contributed by atoms with van der Waals surface area (Å²) in [5, 5.41) is 8.97. The number of pyridine rings is 1. The number of nitrogens with one attached hydrogen (secondary N) is 1. The van der Waals surface area contributed by atoms with Crippen LogP contribution in [0.3, 0.4) is 0 Å². The lowest BCUT2D eigenvalue weighted by atomic mass is 9.89. The summed E-state index contributed by atoms with van der Waals surface area (Å²) in [4.78, 5) is 18.9. The molecule has 2 aromatic carbocycles. The molecule has 2 heterocycles. The van der Waals surface area contributed by atoms with Crippen LogP contribution in [0.2, 0.25) is 0 Å². The third-order valence-corrected chi connectivity index (χ3v) is 7.32. The van der Waals surface area contributed by atoms with Gasteiger partial charge in [-0.15, -0.1) is 0 Å². The van der Waals surface area contributed by atoms with Crippen molar-refractivity contribution in [2.45, 2.75) is 30.6 Å². The van der Waals surface area contributed by atoms with Crippen LogP contribution in [-0.2, 0) is 10.0 Å². The number of sulfonamides is 1. The summed E-state index contributed by atoms with van der Waals surface area (Å²) >= 11 is 0. The number of carbonyl (C=O) groups excluding carboxylic acids is 1. The van der Waals surface area contributed by atoms with Gasteiger partial charge in [-0.25, -0.2) is 8.42 Å². The zero-order valence-corrected chi connectivity index (χ0v) is 19.0. The van der Waals surface area contributed by atoms with Gasteiger partial charge in [0.2, 0.25) is 0 Å². The van der Waals surface area contributed by atoms with E-state index in [9.17, 15) is 13.2 Å². The molecule has 4 rings (SSSR count). The lowest BCUT2D eigenvalue weighted by Gasteiger charge is -2.32. The molecule has 0 saturated carbocycles. The smallest absolute Gasteiger partial charge is 0.263 e. The van der Waals surface area contributed by atoms with E-state index < -0.39 is 10.0 Å². The minimum Gasteiger partial charge on any atom is -0.339 e. The van der Waals surface area contributed by atoms with Crippen molar-refractivity contribution in [1.82, 2.24) is 9.88 Å². The first-order valence-electron chi connectivity index (χ1n) is 10.7. The molecule has 3 aromatic rings. The molecule has 1 aromatic heterocycles. The number of rotatable bonds is 5. The van der Waals surface area contributed by atoms with Crippen LogP contribution in [0.1, 0.15) is 45.8 Å². The van der Waals surface area contributed by atoms with Crippen molar-refractivity contribution >= 4 is 21.6 Å². The summed E-state index contributed by atoms with van der Waals surface area (Å²) in [5.41, 5.74) is 3.36. The molecule has 1 amide bonds. The molecular formula is C25H24N4O3S. The number of aryl methyl sites for hydroxylation is 1.